The van der Waals surface area contributed by atoms with Crippen LogP contribution >= 0.6 is 0 Å². The lowest BCUT2D eigenvalue weighted by Gasteiger charge is -2.09. The highest BCUT2D eigenvalue weighted by atomic mass is 16.5. The zero-order chi connectivity index (χ0) is 18.9. The maximum absolute atomic E-state index is 12.2. The first-order chi connectivity index (χ1) is 12.6. The largest absolute Gasteiger partial charge is 0.493 e. The number of amides is 1. The Labute approximate surface area is 152 Å². The van der Waals surface area contributed by atoms with Gasteiger partial charge in [-0.25, -0.2) is 5.43 Å². The summed E-state index contributed by atoms with van der Waals surface area (Å²) in [5.74, 6) is 1.92. The molecule has 0 aliphatic carbocycles. The third-order valence-electron chi connectivity index (χ3n) is 3.51. The summed E-state index contributed by atoms with van der Waals surface area (Å²) in [6.07, 6.45) is 1.53. The van der Waals surface area contributed by atoms with Crippen LogP contribution in [0.4, 0.5) is 0 Å². The molecule has 138 valence electrons. The molecule has 7 nitrogen and oxygen atoms in total. The molecule has 0 spiro atoms. The summed E-state index contributed by atoms with van der Waals surface area (Å²) in [4.78, 5) is 12.2. The monoisotopic (exact) mass is 358 g/mol. The number of hydrogen-bond donors (Lipinski definition) is 1. The van der Waals surface area contributed by atoms with Crippen LogP contribution in [0.3, 0.4) is 0 Å². The van der Waals surface area contributed by atoms with Gasteiger partial charge in [0.1, 0.15) is 0 Å². The minimum Gasteiger partial charge on any atom is -0.493 e. The van der Waals surface area contributed by atoms with Crippen molar-refractivity contribution in [2.24, 2.45) is 5.10 Å². The van der Waals surface area contributed by atoms with Gasteiger partial charge in [0.15, 0.2) is 23.0 Å². The number of rotatable bonds is 8. The maximum atomic E-state index is 12.2. The van der Waals surface area contributed by atoms with Crippen molar-refractivity contribution in [1.29, 1.82) is 0 Å². The summed E-state index contributed by atoms with van der Waals surface area (Å²) in [6, 6.07) is 10.3. The number of hydrogen-bond acceptors (Lipinski definition) is 6. The Morgan fingerprint density at radius 2 is 1.62 bits per heavy atom. The second-order valence-corrected chi connectivity index (χ2v) is 5.11. The standard InChI is InChI=1S/C19H22N2O5/c1-5-26-18-10-13(6-8-16(18)24-3)12-20-21-19(22)14-7-9-15(23-2)17(11-14)25-4/h6-12H,5H2,1-4H3,(H,21,22)/b20-12-. The van der Waals surface area contributed by atoms with E-state index in [-0.39, 0.29) is 5.91 Å². The summed E-state index contributed by atoms with van der Waals surface area (Å²) in [5.41, 5.74) is 3.65. The van der Waals surface area contributed by atoms with Crippen molar-refractivity contribution < 1.29 is 23.7 Å². The normalized spacial score (nSPS) is 10.5. The smallest absolute Gasteiger partial charge is 0.271 e. The second-order valence-electron chi connectivity index (χ2n) is 5.11. The van der Waals surface area contributed by atoms with Gasteiger partial charge in [-0.05, 0) is 48.9 Å². The van der Waals surface area contributed by atoms with E-state index in [1.165, 1.54) is 20.4 Å². The molecule has 1 N–H and O–H groups in total. The van der Waals surface area contributed by atoms with Crippen LogP contribution in [0.25, 0.3) is 0 Å². The molecule has 0 bridgehead atoms. The zero-order valence-corrected chi connectivity index (χ0v) is 15.2. The van der Waals surface area contributed by atoms with Crippen LogP contribution in [0.2, 0.25) is 0 Å². The third kappa shape index (κ3) is 4.66. The quantitative estimate of drug-likeness (QED) is 0.580. The highest BCUT2D eigenvalue weighted by Gasteiger charge is 2.10. The summed E-state index contributed by atoms with van der Waals surface area (Å²) >= 11 is 0. The van der Waals surface area contributed by atoms with E-state index < -0.39 is 0 Å². The predicted molar refractivity (Wildman–Crippen MR) is 98.8 cm³/mol. The number of hydrazone groups is 1. The van der Waals surface area contributed by atoms with Crippen molar-refractivity contribution in [2.75, 3.05) is 27.9 Å². The molecule has 7 heteroatoms. The first-order valence-corrected chi connectivity index (χ1v) is 7.99. The minimum atomic E-state index is -0.360. The van der Waals surface area contributed by atoms with Crippen molar-refractivity contribution in [1.82, 2.24) is 5.43 Å². The summed E-state index contributed by atoms with van der Waals surface area (Å²) in [6.45, 7) is 2.41. The fourth-order valence-electron chi connectivity index (χ4n) is 2.25. The third-order valence-corrected chi connectivity index (χ3v) is 3.51. The Kier molecular flexibility index (Phi) is 6.84. The molecule has 0 saturated carbocycles. The maximum Gasteiger partial charge on any atom is 0.271 e. The zero-order valence-electron chi connectivity index (χ0n) is 15.2. The average Bonchev–Trinajstić information content (AvgIpc) is 2.67. The average molecular weight is 358 g/mol. The van der Waals surface area contributed by atoms with Gasteiger partial charge in [-0.15, -0.1) is 0 Å². The van der Waals surface area contributed by atoms with Gasteiger partial charge in [-0.2, -0.15) is 5.10 Å². The van der Waals surface area contributed by atoms with Crippen LogP contribution in [0.1, 0.15) is 22.8 Å². The number of nitrogens with zero attached hydrogens (tertiary/aromatic N) is 1. The van der Waals surface area contributed by atoms with E-state index in [1.54, 1.807) is 37.4 Å². The lowest BCUT2D eigenvalue weighted by atomic mass is 10.2. The van der Waals surface area contributed by atoms with Crippen LogP contribution in [-0.4, -0.2) is 40.1 Å². The SMILES string of the molecule is CCOc1cc(/C=N\NC(=O)c2ccc(OC)c(OC)c2)ccc1OC. The molecule has 0 fully saturated rings. The highest BCUT2D eigenvalue weighted by Crippen LogP contribution is 2.28. The van der Waals surface area contributed by atoms with E-state index in [0.29, 0.717) is 35.2 Å². The van der Waals surface area contributed by atoms with Crippen molar-refractivity contribution in [3.05, 3.63) is 47.5 Å². The second kappa shape index (κ2) is 9.31. The van der Waals surface area contributed by atoms with Gasteiger partial charge < -0.3 is 18.9 Å². The number of carbonyl (C=O) groups is 1. The molecule has 1 amide bonds. The molecule has 2 aromatic carbocycles. The number of carbonyl (C=O) groups excluding carboxylic acids is 1. The highest BCUT2D eigenvalue weighted by molar-refractivity contribution is 5.95. The molecule has 0 aliphatic heterocycles. The molecule has 0 saturated heterocycles. The van der Waals surface area contributed by atoms with Crippen LogP contribution in [0.15, 0.2) is 41.5 Å². The molecule has 2 aromatic rings. The number of methoxy groups -OCH3 is 3. The lowest BCUT2D eigenvalue weighted by molar-refractivity contribution is 0.0954. The van der Waals surface area contributed by atoms with Gasteiger partial charge in [0, 0.05) is 5.56 Å². The van der Waals surface area contributed by atoms with E-state index >= 15 is 0 Å². The fraction of sp³-hybridized carbons (Fsp3) is 0.263. The lowest BCUT2D eigenvalue weighted by Crippen LogP contribution is -2.17. The molecule has 0 unspecified atom stereocenters. The molecule has 2 rings (SSSR count). The number of nitrogens with one attached hydrogen (secondary N) is 1. The van der Waals surface area contributed by atoms with Gasteiger partial charge in [0.05, 0.1) is 34.2 Å². The molecule has 0 aromatic heterocycles. The van der Waals surface area contributed by atoms with Gasteiger partial charge in [-0.3, -0.25) is 4.79 Å². The van der Waals surface area contributed by atoms with Crippen LogP contribution < -0.4 is 24.4 Å². The van der Waals surface area contributed by atoms with E-state index in [2.05, 4.69) is 10.5 Å². The summed E-state index contributed by atoms with van der Waals surface area (Å²) in [5, 5.41) is 3.98. The van der Waals surface area contributed by atoms with Gasteiger partial charge in [0.25, 0.3) is 5.91 Å². The van der Waals surface area contributed by atoms with E-state index in [9.17, 15) is 4.79 Å². The topological polar surface area (TPSA) is 78.4 Å². The first-order valence-electron chi connectivity index (χ1n) is 7.99. The van der Waals surface area contributed by atoms with E-state index in [1.807, 2.05) is 13.0 Å². The Morgan fingerprint density at radius 3 is 2.27 bits per heavy atom. The van der Waals surface area contributed by atoms with E-state index in [4.69, 9.17) is 18.9 Å². The summed E-state index contributed by atoms with van der Waals surface area (Å²) < 4.78 is 21.1. The fourth-order valence-corrected chi connectivity index (χ4v) is 2.25. The summed E-state index contributed by atoms with van der Waals surface area (Å²) in [7, 11) is 4.62. The Morgan fingerprint density at radius 1 is 0.962 bits per heavy atom. The number of benzene rings is 2. The predicted octanol–water partition coefficient (Wildman–Crippen LogP) is 2.88. The van der Waals surface area contributed by atoms with E-state index in [0.717, 1.165) is 5.56 Å². The Balaban J connectivity index is 2.08. The van der Waals surface area contributed by atoms with Gasteiger partial charge >= 0.3 is 0 Å². The molecule has 0 heterocycles. The van der Waals surface area contributed by atoms with Crippen molar-refractivity contribution in [3.63, 3.8) is 0 Å². The van der Waals surface area contributed by atoms with Gasteiger partial charge in [0.2, 0.25) is 0 Å². The van der Waals surface area contributed by atoms with Crippen molar-refractivity contribution in [3.8, 4) is 23.0 Å². The molecular formula is C19H22N2O5. The molecule has 0 atom stereocenters. The van der Waals surface area contributed by atoms with Crippen LogP contribution in [0.5, 0.6) is 23.0 Å². The number of ether oxygens (including phenoxy) is 4. The van der Waals surface area contributed by atoms with Crippen molar-refractivity contribution >= 4 is 12.1 Å². The van der Waals surface area contributed by atoms with Crippen LogP contribution in [0, 0.1) is 0 Å². The molecule has 0 radical (unpaired) electrons. The molecule has 26 heavy (non-hydrogen) atoms. The van der Waals surface area contributed by atoms with Crippen molar-refractivity contribution in [2.45, 2.75) is 6.92 Å². The molecular weight excluding hydrogens is 336 g/mol. The van der Waals surface area contributed by atoms with Gasteiger partial charge in [-0.1, -0.05) is 0 Å². The Hall–Kier alpha value is -3.22. The van der Waals surface area contributed by atoms with Crippen LogP contribution in [-0.2, 0) is 0 Å². The molecule has 0 aliphatic rings. The first kappa shape index (κ1) is 19.1. The Bertz CT molecular complexity index is 789. The minimum absolute atomic E-state index is 0.360.